The molecule has 4 rings (SSSR count). The number of anilines is 1. The van der Waals surface area contributed by atoms with Gasteiger partial charge in [-0.15, -0.1) is 0 Å². The zero-order valence-electron chi connectivity index (χ0n) is 19.7. The molecule has 0 saturated heterocycles. The van der Waals surface area contributed by atoms with Crippen LogP contribution in [0.4, 0.5) is 5.95 Å². The topological polar surface area (TPSA) is 122 Å². The van der Waals surface area contributed by atoms with Crippen molar-refractivity contribution in [3.63, 3.8) is 0 Å². The summed E-state index contributed by atoms with van der Waals surface area (Å²) in [5, 5.41) is 13.6. The van der Waals surface area contributed by atoms with E-state index < -0.39 is 5.56 Å². The van der Waals surface area contributed by atoms with E-state index in [1.165, 1.54) is 13.3 Å². The lowest BCUT2D eigenvalue weighted by atomic mass is 10.1. The molecule has 0 spiro atoms. The molecule has 1 aromatic heterocycles. The van der Waals surface area contributed by atoms with Crippen LogP contribution in [0.2, 0.25) is 0 Å². The van der Waals surface area contributed by atoms with E-state index in [1.54, 1.807) is 43.5 Å². The predicted octanol–water partition coefficient (Wildman–Crippen LogP) is 4.35. The van der Waals surface area contributed by atoms with E-state index in [2.05, 4.69) is 20.5 Å². The summed E-state index contributed by atoms with van der Waals surface area (Å²) in [6.07, 6.45) is 1.53. The van der Waals surface area contributed by atoms with E-state index in [1.807, 2.05) is 42.5 Å². The Hall–Kier alpha value is -5.10. The summed E-state index contributed by atoms with van der Waals surface area (Å²) in [6.45, 7) is 0.345. The van der Waals surface area contributed by atoms with Crippen molar-refractivity contribution in [2.75, 3.05) is 19.6 Å². The first-order valence-electron chi connectivity index (χ1n) is 10.9. The van der Waals surface area contributed by atoms with Crippen molar-refractivity contribution < 1.29 is 14.2 Å². The fourth-order valence-electron chi connectivity index (χ4n) is 3.47. The maximum absolute atomic E-state index is 12.4. The monoisotopic (exact) mass is 481 g/mol. The van der Waals surface area contributed by atoms with Gasteiger partial charge in [0, 0.05) is 11.1 Å². The van der Waals surface area contributed by atoms with Crippen molar-refractivity contribution in [2.24, 2.45) is 5.10 Å². The molecule has 3 aromatic carbocycles. The average Bonchev–Trinajstić information content (AvgIpc) is 2.92. The summed E-state index contributed by atoms with van der Waals surface area (Å²) < 4.78 is 16.9. The van der Waals surface area contributed by atoms with Crippen LogP contribution in [-0.2, 0) is 6.61 Å². The number of hydrogen-bond donors (Lipinski definition) is 2. The Bertz CT molecular complexity index is 1460. The summed E-state index contributed by atoms with van der Waals surface area (Å²) in [6, 6.07) is 24.2. The first-order chi connectivity index (χ1) is 17.6. The molecule has 180 valence electrons. The van der Waals surface area contributed by atoms with Gasteiger partial charge in [-0.3, -0.25) is 9.78 Å². The number of nitrogens with one attached hydrogen (secondary N) is 2. The quantitative estimate of drug-likeness (QED) is 0.269. The van der Waals surface area contributed by atoms with Crippen LogP contribution in [0.1, 0.15) is 16.7 Å². The molecule has 0 aliphatic rings. The molecule has 4 aromatic rings. The molecule has 0 amide bonds. The first-order valence-corrected chi connectivity index (χ1v) is 10.9. The molecule has 1 heterocycles. The Balaban J connectivity index is 1.59. The highest BCUT2D eigenvalue weighted by atomic mass is 16.5. The van der Waals surface area contributed by atoms with E-state index in [0.29, 0.717) is 35.0 Å². The molecule has 0 unspecified atom stereocenters. The number of aromatic amines is 1. The molecule has 0 atom stereocenters. The van der Waals surface area contributed by atoms with Gasteiger partial charge in [0.05, 0.1) is 26.1 Å². The van der Waals surface area contributed by atoms with Gasteiger partial charge in [-0.25, -0.2) is 10.4 Å². The van der Waals surface area contributed by atoms with Crippen molar-refractivity contribution in [2.45, 2.75) is 6.61 Å². The van der Waals surface area contributed by atoms with E-state index in [4.69, 9.17) is 14.2 Å². The fraction of sp³-hybridized carbons (Fsp3) is 0.111. The highest BCUT2D eigenvalue weighted by Crippen LogP contribution is 2.38. The SMILES string of the molecule is COc1cc(C=NNc2nc(-c3ccccc3)c(C#N)c(=O)[nH]2)cc(OCc2ccccc2)c1OC. The van der Waals surface area contributed by atoms with Crippen LogP contribution >= 0.6 is 0 Å². The maximum Gasteiger partial charge on any atom is 0.270 e. The van der Waals surface area contributed by atoms with Crippen molar-refractivity contribution in [3.05, 3.63) is 99.8 Å². The minimum atomic E-state index is -0.563. The largest absolute Gasteiger partial charge is 0.493 e. The zero-order valence-corrected chi connectivity index (χ0v) is 19.7. The summed E-state index contributed by atoms with van der Waals surface area (Å²) in [5.74, 6) is 1.51. The number of benzene rings is 3. The van der Waals surface area contributed by atoms with Gasteiger partial charge in [-0.2, -0.15) is 10.4 Å². The van der Waals surface area contributed by atoms with E-state index in [9.17, 15) is 10.1 Å². The lowest BCUT2D eigenvalue weighted by Gasteiger charge is -2.15. The number of methoxy groups -OCH3 is 2. The van der Waals surface area contributed by atoms with Crippen LogP contribution in [0.15, 0.2) is 82.7 Å². The number of nitriles is 1. The van der Waals surface area contributed by atoms with Crippen LogP contribution < -0.4 is 25.2 Å². The van der Waals surface area contributed by atoms with Crippen molar-refractivity contribution >= 4 is 12.2 Å². The van der Waals surface area contributed by atoms with Gasteiger partial charge in [0.1, 0.15) is 18.2 Å². The molecular weight excluding hydrogens is 458 g/mol. The van der Waals surface area contributed by atoms with Crippen molar-refractivity contribution in [3.8, 4) is 34.6 Å². The first kappa shape index (κ1) is 24.0. The molecule has 0 aliphatic carbocycles. The number of aromatic nitrogens is 2. The van der Waals surface area contributed by atoms with Crippen LogP contribution in [0.5, 0.6) is 17.2 Å². The molecule has 0 aliphatic heterocycles. The van der Waals surface area contributed by atoms with Crippen LogP contribution in [0, 0.1) is 11.3 Å². The molecule has 9 heteroatoms. The smallest absolute Gasteiger partial charge is 0.270 e. The number of H-pyrrole nitrogens is 1. The van der Waals surface area contributed by atoms with E-state index in [-0.39, 0.29) is 17.2 Å². The summed E-state index contributed by atoms with van der Waals surface area (Å²) in [5.41, 5.74) is 4.65. The lowest BCUT2D eigenvalue weighted by Crippen LogP contribution is -2.16. The molecule has 0 saturated carbocycles. The number of ether oxygens (including phenoxy) is 3. The standard InChI is InChI=1S/C27H23N5O4/c1-34-22-13-19(14-23(25(22)35-2)36-17-18-9-5-3-6-10-18)16-29-32-27-30-24(20-11-7-4-8-12-20)21(15-28)26(33)31-27/h3-14,16H,17H2,1-2H3,(H2,30,31,32,33). The van der Waals surface area contributed by atoms with Gasteiger partial charge in [0.25, 0.3) is 5.56 Å². The molecule has 0 fully saturated rings. The van der Waals surface area contributed by atoms with Gasteiger partial charge in [0.2, 0.25) is 11.7 Å². The fourth-order valence-corrected chi connectivity index (χ4v) is 3.47. The Morgan fingerprint density at radius 3 is 2.39 bits per heavy atom. The molecule has 9 nitrogen and oxygen atoms in total. The van der Waals surface area contributed by atoms with Gasteiger partial charge < -0.3 is 14.2 Å². The second-order valence-electron chi connectivity index (χ2n) is 7.51. The minimum Gasteiger partial charge on any atom is -0.493 e. The molecule has 36 heavy (non-hydrogen) atoms. The second-order valence-corrected chi connectivity index (χ2v) is 7.51. The van der Waals surface area contributed by atoms with Crippen molar-refractivity contribution in [1.29, 1.82) is 5.26 Å². The van der Waals surface area contributed by atoms with Crippen LogP contribution in [-0.4, -0.2) is 30.4 Å². The number of hydrogen-bond acceptors (Lipinski definition) is 8. The summed E-state index contributed by atoms with van der Waals surface area (Å²) >= 11 is 0. The zero-order chi connectivity index (χ0) is 25.3. The van der Waals surface area contributed by atoms with Crippen LogP contribution in [0.25, 0.3) is 11.3 Å². The predicted molar refractivity (Wildman–Crippen MR) is 137 cm³/mol. The number of nitrogens with zero attached hydrogens (tertiary/aromatic N) is 3. The van der Waals surface area contributed by atoms with Crippen molar-refractivity contribution in [1.82, 2.24) is 9.97 Å². The third kappa shape index (κ3) is 5.51. The van der Waals surface area contributed by atoms with E-state index in [0.717, 1.165) is 5.56 Å². The highest BCUT2D eigenvalue weighted by Gasteiger charge is 2.15. The summed E-state index contributed by atoms with van der Waals surface area (Å²) in [4.78, 5) is 19.3. The van der Waals surface area contributed by atoms with Crippen LogP contribution in [0.3, 0.4) is 0 Å². The number of rotatable bonds is 9. The maximum atomic E-state index is 12.4. The van der Waals surface area contributed by atoms with Gasteiger partial charge in [-0.1, -0.05) is 60.7 Å². The Labute approximate surface area is 207 Å². The number of hydrazone groups is 1. The van der Waals surface area contributed by atoms with Gasteiger partial charge in [0.15, 0.2) is 11.5 Å². The molecular formula is C27H23N5O4. The molecule has 0 radical (unpaired) electrons. The molecule has 2 N–H and O–H groups in total. The second kappa shape index (κ2) is 11.4. The lowest BCUT2D eigenvalue weighted by molar-refractivity contribution is 0.275. The normalized spacial score (nSPS) is 10.6. The molecule has 0 bridgehead atoms. The highest BCUT2D eigenvalue weighted by molar-refractivity contribution is 5.83. The van der Waals surface area contributed by atoms with Gasteiger partial charge >= 0.3 is 0 Å². The Morgan fingerprint density at radius 2 is 1.72 bits per heavy atom. The Morgan fingerprint density at radius 1 is 1.03 bits per heavy atom. The Kier molecular flexibility index (Phi) is 7.58. The van der Waals surface area contributed by atoms with Gasteiger partial charge in [-0.05, 0) is 17.7 Å². The third-order valence-corrected chi connectivity index (χ3v) is 5.17. The third-order valence-electron chi connectivity index (χ3n) is 5.17. The summed E-state index contributed by atoms with van der Waals surface area (Å²) in [7, 11) is 3.08. The van der Waals surface area contributed by atoms with E-state index >= 15 is 0 Å². The average molecular weight is 482 g/mol. The minimum absolute atomic E-state index is 0.0733.